The molecule has 0 heterocycles. The van der Waals surface area contributed by atoms with Gasteiger partial charge in [0.1, 0.15) is 0 Å². The molecular formula is C62H117NO6. The van der Waals surface area contributed by atoms with Crippen molar-refractivity contribution < 1.29 is 28.6 Å². The van der Waals surface area contributed by atoms with E-state index in [-0.39, 0.29) is 29.7 Å². The highest BCUT2D eigenvalue weighted by molar-refractivity contribution is 5.70. The van der Waals surface area contributed by atoms with Crippen LogP contribution in [0.1, 0.15) is 298 Å². The third kappa shape index (κ3) is 32.2. The maximum absolute atomic E-state index is 13.9. The SMILES string of the molecule is CCCCCCCCCC(CCCCCCCCC)CC(=O)OCC1CC2CCC(CC2COC(=O)CCCN(CC)CC)C1COC(=O)CC(CCCCCCCCC)CCCCCCCCC. The van der Waals surface area contributed by atoms with E-state index < -0.39 is 0 Å². The lowest BCUT2D eigenvalue weighted by Crippen LogP contribution is -2.32. The first-order chi connectivity index (χ1) is 33.8. The predicted molar refractivity (Wildman–Crippen MR) is 292 cm³/mol. The van der Waals surface area contributed by atoms with Crippen LogP contribution < -0.4 is 0 Å². The van der Waals surface area contributed by atoms with Gasteiger partial charge in [0, 0.05) is 25.2 Å². The molecule has 3 fully saturated rings. The number of ether oxygens (including phenoxy) is 3. The van der Waals surface area contributed by atoms with Gasteiger partial charge in [-0.2, -0.15) is 0 Å². The van der Waals surface area contributed by atoms with Crippen molar-refractivity contribution in [1.82, 2.24) is 4.90 Å². The number of hydrogen-bond donors (Lipinski definition) is 0. The van der Waals surface area contributed by atoms with Crippen LogP contribution in [0.15, 0.2) is 0 Å². The van der Waals surface area contributed by atoms with Gasteiger partial charge >= 0.3 is 17.9 Å². The molecule has 0 aliphatic heterocycles. The summed E-state index contributed by atoms with van der Waals surface area (Å²) in [5, 5.41) is 0. The standard InChI is InChI=1S/C62H117NO6/c1-7-13-17-21-25-29-33-38-53(39-34-30-26-22-18-14-8-2)46-61(65)68-51-58-48-55-43-44-56(49-57(55)50-67-60(64)42-37-45-63(11-5)12-6)59(58)52-69-62(66)47-54(40-35-31-27-23-19-15-9-3)41-36-32-28-24-20-16-10-4/h53-59H,7-52H2,1-6H3. The van der Waals surface area contributed by atoms with Crippen molar-refractivity contribution in [3.63, 3.8) is 0 Å². The Morgan fingerprint density at radius 2 is 0.754 bits per heavy atom. The van der Waals surface area contributed by atoms with E-state index in [1.807, 2.05) is 0 Å². The Balaban J connectivity index is 2.12. The first-order valence-electron chi connectivity index (χ1n) is 31.0. The van der Waals surface area contributed by atoms with Crippen LogP contribution in [0.25, 0.3) is 0 Å². The van der Waals surface area contributed by atoms with E-state index in [4.69, 9.17) is 14.2 Å². The van der Waals surface area contributed by atoms with Crippen LogP contribution in [0.5, 0.6) is 0 Å². The minimum atomic E-state index is -0.0803. The molecule has 3 rings (SSSR count). The molecule has 69 heavy (non-hydrogen) atoms. The molecule has 7 heteroatoms. The molecule has 406 valence electrons. The Bertz CT molecular complexity index is 1170. The van der Waals surface area contributed by atoms with Crippen molar-refractivity contribution in [3.8, 4) is 0 Å². The molecule has 0 aromatic carbocycles. The number of nitrogens with zero attached hydrogens (tertiary/aromatic N) is 1. The van der Waals surface area contributed by atoms with E-state index in [1.54, 1.807) is 0 Å². The van der Waals surface area contributed by atoms with E-state index in [1.165, 1.54) is 180 Å². The number of rotatable bonds is 48. The fourth-order valence-electron chi connectivity index (χ4n) is 12.2. The van der Waals surface area contributed by atoms with Crippen molar-refractivity contribution in [2.75, 3.05) is 39.5 Å². The molecule has 0 N–H and O–H groups in total. The molecular weight excluding hydrogens is 855 g/mol. The van der Waals surface area contributed by atoms with Gasteiger partial charge in [-0.3, -0.25) is 14.4 Å². The third-order valence-electron chi connectivity index (χ3n) is 16.9. The van der Waals surface area contributed by atoms with Crippen molar-refractivity contribution >= 4 is 17.9 Å². The van der Waals surface area contributed by atoms with Crippen molar-refractivity contribution in [3.05, 3.63) is 0 Å². The normalized spacial score (nSPS) is 19.2. The summed E-state index contributed by atoms with van der Waals surface area (Å²) >= 11 is 0. The fraction of sp³-hybridized carbons (Fsp3) is 0.952. The first kappa shape index (κ1) is 63.5. The van der Waals surface area contributed by atoms with Gasteiger partial charge in [0.2, 0.25) is 0 Å². The monoisotopic (exact) mass is 972 g/mol. The zero-order chi connectivity index (χ0) is 50.0. The first-order valence-corrected chi connectivity index (χ1v) is 31.0. The van der Waals surface area contributed by atoms with Gasteiger partial charge in [-0.05, 0) is 113 Å². The molecule has 0 aromatic heterocycles. The number of unbranched alkanes of at least 4 members (excludes halogenated alkanes) is 24. The number of carbonyl (C=O) groups is 3. The lowest BCUT2D eigenvalue weighted by atomic mass is 9.74. The van der Waals surface area contributed by atoms with Crippen LogP contribution >= 0.6 is 0 Å². The second-order valence-electron chi connectivity index (χ2n) is 22.7. The van der Waals surface area contributed by atoms with E-state index in [2.05, 4.69) is 46.4 Å². The lowest BCUT2D eigenvalue weighted by molar-refractivity contribution is -0.152. The van der Waals surface area contributed by atoms with Gasteiger partial charge in [0.15, 0.2) is 0 Å². The molecule has 3 aliphatic carbocycles. The molecule has 3 aliphatic rings. The minimum Gasteiger partial charge on any atom is -0.465 e. The minimum absolute atomic E-state index is 0.0332. The number of hydrogen-bond acceptors (Lipinski definition) is 7. The van der Waals surface area contributed by atoms with Crippen molar-refractivity contribution in [2.45, 2.75) is 298 Å². The van der Waals surface area contributed by atoms with Crippen molar-refractivity contribution in [2.24, 2.45) is 41.4 Å². The van der Waals surface area contributed by atoms with Gasteiger partial charge in [-0.15, -0.1) is 0 Å². The second-order valence-corrected chi connectivity index (χ2v) is 22.7. The second kappa shape index (κ2) is 43.9. The Kier molecular flexibility index (Phi) is 40.4. The molecule has 0 amide bonds. The summed E-state index contributed by atoms with van der Waals surface area (Å²) in [5.74, 6) is 2.03. The van der Waals surface area contributed by atoms with E-state index in [9.17, 15) is 14.4 Å². The third-order valence-corrected chi connectivity index (χ3v) is 16.9. The van der Waals surface area contributed by atoms with Crippen LogP contribution in [-0.2, 0) is 28.6 Å². The number of carbonyl (C=O) groups excluding carboxylic acids is 3. The summed E-state index contributed by atoms with van der Waals surface area (Å²) < 4.78 is 18.8. The van der Waals surface area contributed by atoms with Gasteiger partial charge in [0.25, 0.3) is 0 Å². The van der Waals surface area contributed by atoms with E-state index in [0.717, 1.165) is 77.4 Å². The molecule has 7 nitrogen and oxygen atoms in total. The van der Waals surface area contributed by atoms with E-state index >= 15 is 0 Å². The highest BCUT2D eigenvalue weighted by atomic mass is 16.5. The van der Waals surface area contributed by atoms with Crippen LogP contribution in [-0.4, -0.2) is 62.3 Å². The summed E-state index contributed by atoms with van der Waals surface area (Å²) in [5.41, 5.74) is 0. The highest BCUT2D eigenvalue weighted by Gasteiger charge is 2.44. The number of esters is 3. The van der Waals surface area contributed by atoms with Gasteiger partial charge < -0.3 is 19.1 Å². The van der Waals surface area contributed by atoms with Crippen molar-refractivity contribution in [1.29, 1.82) is 0 Å². The zero-order valence-electron chi connectivity index (χ0n) is 47.0. The quantitative estimate of drug-likeness (QED) is 0.0341. The Hall–Kier alpha value is -1.63. The average Bonchev–Trinajstić information content (AvgIpc) is 3.60. The molecule has 0 spiro atoms. The fourth-order valence-corrected chi connectivity index (χ4v) is 12.2. The number of fused-ring (bicyclic) bond motifs is 4. The average molecular weight is 973 g/mol. The van der Waals surface area contributed by atoms with Gasteiger partial charge in [0.05, 0.1) is 19.8 Å². The van der Waals surface area contributed by atoms with E-state index in [0.29, 0.717) is 68.7 Å². The summed E-state index contributed by atoms with van der Waals surface area (Å²) in [6, 6.07) is 0. The molecule has 0 radical (unpaired) electrons. The maximum Gasteiger partial charge on any atom is 0.306 e. The molecule has 5 unspecified atom stereocenters. The predicted octanol–water partition coefficient (Wildman–Crippen LogP) is 18.0. The largest absolute Gasteiger partial charge is 0.465 e. The molecule has 2 bridgehead atoms. The summed E-state index contributed by atoms with van der Waals surface area (Å²) in [6.07, 6.45) is 47.3. The molecule has 3 saturated carbocycles. The smallest absolute Gasteiger partial charge is 0.306 e. The summed E-state index contributed by atoms with van der Waals surface area (Å²) in [7, 11) is 0. The van der Waals surface area contributed by atoms with Crippen LogP contribution in [0, 0.1) is 41.4 Å². The Morgan fingerprint density at radius 1 is 0.406 bits per heavy atom. The molecule has 0 aromatic rings. The van der Waals surface area contributed by atoms with Gasteiger partial charge in [-0.1, -0.05) is 221 Å². The molecule has 5 atom stereocenters. The highest BCUT2D eigenvalue weighted by Crippen LogP contribution is 2.49. The topological polar surface area (TPSA) is 82.1 Å². The lowest BCUT2D eigenvalue weighted by Gasteiger charge is -2.34. The summed E-state index contributed by atoms with van der Waals surface area (Å²) in [4.78, 5) is 43.1. The van der Waals surface area contributed by atoms with Crippen LogP contribution in [0.4, 0.5) is 0 Å². The summed E-state index contributed by atoms with van der Waals surface area (Å²) in [6.45, 7) is 17.7. The molecule has 0 saturated heterocycles. The zero-order valence-corrected chi connectivity index (χ0v) is 47.0. The van der Waals surface area contributed by atoms with Gasteiger partial charge in [-0.25, -0.2) is 0 Å². The Labute approximate surface area is 429 Å². The van der Waals surface area contributed by atoms with Crippen LogP contribution in [0.3, 0.4) is 0 Å². The maximum atomic E-state index is 13.9. The van der Waals surface area contributed by atoms with Crippen LogP contribution in [0.2, 0.25) is 0 Å². The Morgan fingerprint density at radius 3 is 1.17 bits per heavy atom.